The minimum absolute atomic E-state index is 0.133. The summed E-state index contributed by atoms with van der Waals surface area (Å²) in [5.74, 6) is -1.05. The molecule has 0 aliphatic carbocycles. The van der Waals surface area contributed by atoms with Crippen molar-refractivity contribution < 1.29 is 28.6 Å². The van der Waals surface area contributed by atoms with Gasteiger partial charge < -0.3 is 14.2 Å². The second kappa shape index (κ2) is 66.8. The highest BCUT2D eigenvalue weighted by molar-refractivity contribution is 5.71. The zero-order valence-electron chi connectivity index (χ0n) is 51.5. The molecular weight excluding hydrogens is 997 g/mol. The first-order chi connectivity index (χ1) is 40.0. The molecule has 0 fully saturated rings. The number of ether oxygens (including phenoxy) is 3. The second-order valence-electron chi connectivity index (χ2n) is 20.2. The number of hydrogen-bond acceptors (Lipinski definition) is 6. The molecule has 0 aromatic carbocycles. The van der Waals surface area contributed by atoms with Crippen molar-refractivity contribution in [3.63, 3.8) is 0 Å². The summed E-state index contributed by atoms with van der Waals surface area (Å²) in [5.41, 5.74) is 0. The highest BCUT2D eigenvalue weighted by Crippen LogP contribution is 2.12. The summed E-state index contributed by atoms with van der Waals surface area (Å²) < 4.78 is 16.8. The quantitative estimate of drug-likeness (QED) is 0.0261. The molecule has 0 bridgehead atoms. The number of allylic oxidation sites excluding steroid dienone is 32. The van der Waals surface area contributed by atoms with Crippen molar-refractivity contribution in [2.24, 2.45) is 0 Å². The number of rotatable bonds is 55. The van der Waals surface area contributed by atoms with E-state index in [4.69, 9.17) is 14.2 Å². The maximum atomic E-state index is 12.9. The number of unbranched alkanes of at least 4 members (excludes halogenated alkanes) is 12. The molecule has 0 aromatic heterocycles. The smallest absolute Gasteiger partial charge is 0.306 e. The minimum atomic E-state index is -0.839. The third kappa shape index (κ3) is 64.9. The van der Waals surface area contributed by atoms with E-state index in [1.165, 1.54) is 38.5 Å². The Balaban J connectivity index is 4.56. The molecule has 0 aromatic rings. The van der Waals surface area contributed by atoms with E-state index in [1.807, 2.05) is 0 Å². The van der Waals surface area contributed by atoms with Crippen LogP contribution >= 0.6 is 0 Å². The van der Waals surface area contributed by atoms with Gasteiger partial charge >= 0.3 is 17.9 Å². The van der Waals surface area contributed by atoms with Gasteiger partial charge in [0, 0.05) is 19.3 Å². The van der Waals surface area contributed by atoms with Crippen LogP contribution in [0.5, 0.6) is 0 Å². The summed E-state index contributed by atoms with van der Waals surface area (Å²) in [6.07, 6.45) is 102. The fourth-order valence-electron chi connectivity index (χ4n) is 7.85. The lowest BCUT2D eigenvalue weighted by atomic mass is 10.1. The predicted molar refractivity (Wildman–Crippen MR) is 352 cm³/mol. The molecule has 0 spiro atoms. The molecule has 6 nitrogen and oxygen atoms in total. The Labute approximate surface area is 497 Å². The number of carbonyl (C=O) groups is 3. The molecular formula is C75H114O6. The predicted octanol–water partition coefficient (Wildman–Crippen LogP) is 22.2. The van der Waals surface area contributed by atoms with E-state index in [2.05, 4.69) is 215 Å². The zero-order valence-corrected chi connectivity index (χ0v) is 51.5. The highest BCUT2D eigenvalue weighted by atomic mass is 16.6. The average molecular weight is 1110 g/mol. The largest absolute Gasteiger partial charge is 0.462 e. The summed E-state index contributed by atoms with van der Waals surface area (Å²) in [6.45, 7) is 6.27. The van der Waals surface area contributed by atoms with Crippen molar-refractivity contribution >= 4 is 17.9 Å². The molecule has 0 N–H and O–H groups in total. The lowest BCUT2D eigenvalue weighted by molar-refractivity contribution is -0.167. The van der Waals surface area contributed by atoms with Gasteiger partial charge in [-0.3, -0.25) is 14.4 Å². The molecule has 0 aliphatic rings. The summed E-state index contributed by atoms with van der Waals surface area (Å²) in [6, 6.07) is 0. The first-order valence-electron chi connectivity index (χ1n) is 31.9. The Morgan fingerprint density at radius 1 is 0.259 bits per heavy atom. The molecule has 450 valence electrons. The Kier molecular flexibility index (Phi) is 62.0. The first-order valence-corrected chi connectivity index (χ1v) is 31.9. The highest BCUT2D eigenvalue weighted by Gasteiger charge is 2.19. The van der Waals surface area contributed by atoms with Crippen molar-refractivity contribution in [1.29, 1.82) is 0 Å². The normalized spacial score (nSPS) is 13.5. The van der Waals surface area contributed by atoms with Gasteiger partial charge in [-0.1, -0.05) is 254 Å². The Morgan fingerprint density at radius 3 is 0.827 bits per heavy atom. The van der Waals surface area contributed by atoms with E-state index in [9.17, 15) is 14.4 Å². The van der Waals surface area contributed by atoms with Crippen LogP contribution in [-0.4, -0.2) is 37.2 Å². The molecule has 1 atom stereocenters. The zero-order chi connectivity index (χ0) is 58.5. The number of carbonyl (C=O) groups excluding carboxylic acids is 3. The van der Waals surface area contributed by atoms with Crippen LogP contribution in [0.1, 0.15) is 239 Å². The molecule has 0 saturated carbocycles. The fraction of sp³-hybridized carbons (Fsp3) is 0.533. The second-order valence-corrected chi connectivity index (χ2v) is 20.2. The lowest BCUT2D eigenvalue weighted by Crippen LogP contribution is -2.30. The average Bonchev–Trinajstić information content (AvgIpc) is 3.47. The maximum Gasteiger partial charge on any atom is 0.306 e. The van der Waals surface area contributed by atoms with Gasteiger partial charge in [-0.05, 0) is 161 Å². The van der Waals surface area contributed by atoms with Crippen molar-refractivity contribution in [2.75, 3.05) is 13.2 Å². The van der Waals surface area contributed by atoms with E-state index in [0.29, 0.717) is 12.8 Å². The lowest BCUT2D eigenvalue weighted by Gasteiger charge is -2.18. The van der Waals surface area contributed by atoms with Gasteiger partial charge in [-0.25, -0.2) is 0 Å². The van der Waals surface area contributed by atoms with Crippen molar-refractivity contribution in [2.45, 2.75) is 245 Å². The van der Waals surface area contributed by atoms with E-state index < -0.39 is 6.10 Å². The van der Waals surface area contributed by atoms with E-state index in [1.54, 1.807) is 0 Å². The van der Waals surface area contributed by atoms with Crippen LogP contribution in [-0.2, 0) is 28.6 Å². The number of esters is 3. The van der Waals surface area contributed by atoms with E-state index in [-0.39, 0.29) is 50.4 Å². The van der Waals surface area contributed by atoms with Gasteiger partial charge in [-0.2, -0.15) is 0 Å². The maximum absolute atomic E-state index is 12.9. The monoisotopic (exact) mass is 1110 g/mol. The SMILES string of the molecule is CC/C=C\C/C=C\C/C=C\C/C=C\C/C=C\C/C=C\C/C=C\C/C=C\C/C=C\CCCC(=O)OCC(COC(=O)CCCC/C=C\C/C=C\C/C=C\C/C=C\CC)OC(=O)CCCCCCCC/C=C\C/C=C\C/C=C\CCCCC. The fourth-order valence-corrected chi connectivity index (χ4v) is 7.85. The Bertz CT molecular complexity index is 1950. The van der Waals surface area contributed by atoms with Crippen LogP contribution in [0.2, 0.25) is 0 Å². The topological polar surface area (TPSA) is 78.9 Å². The van der Waals surface area contributed by atoms with Crippen LogP contribution in [0.25, 0.3) is 0 Å². The Hall–Kier alpha value is -5.75. The molecule has 0 heterocycles. The van der Waals surface area contributed by atoms with Crippen LogP contribution in [0.15, 0.2) is 194 Å². The van der Waals surface area contributed by atoms with Gasteiger partial charge in [0.25, 0.3) is 0 Å². The van der Waals surface area contributed by atoms with Crippen LogP contribution in [0.4, 0.5) is 0 Å². The molecule has 0 rings (SSSR count). The molecule has 81 heavy (non-hydrogen) atoms. The first kappa shape index (κ1) is 75.2. The Morgan fingerprint density at radius 2 is 0.494 bits per heavy atom. The molecule has 0 radical (unpaired) electrons. The van der Waals surface area contributed by atoms with Gasteiger partial charge in [0.2, 0.25) is 0 Å². The molecule has 1 unspecified atom stereocenters. The standard InChI is InChI=1S/C75H114O6/c1-4-7-10-13-16-19-22-25-28-30-32-33-34-35-36-37-38-39-40-41-43-44-47-50-53-56-59-62-65-68-74(77)80-71-72(70-79-73(76)67-64-61-58-55-52-49-46-27-24-21-18-15-12-9-6-3)81-75(78)69-66-63-60-57-54-51-48-45-42-31-29-26-23-20-17-14-11-8-5-2/h7,9-10,12,16-21,25-29,32-33,35-36,38-39,41-43,45-47,50,52,55-56,59,72H,4-6,8,11,13-15,22-24,30-31,34,37,40,44,48-49,51,53-54,57-58,60-71H2,1-3H3/b10-7-,12-9-,19-16-,20-17-,21-18-,28-25-,29-26-,33-32-,36-35-,39-38-,43-41-,45-42-,46-27-,50-47-,55-52-,59-56-. The van der Waals surface area contributed by atoms with Gasteiger partial charge in [0.15, 0.2) is 6.10 Å². The molecule has 0 aliphatic heterocycles. The summed E-state index contributed by atoms with van der Waals surface area (Å²) >= 11 is 0. The van der Waals surface area contributed by atoms with Gasteiger partial charge in [0.1, 0.15) is 13.2 Å². The third-order valence-electron chi connectivity index (χ3n) is 12.6. The van der Waals surface area contributed by atoms with Crippen molar-refractivity contribution in [3.8, 4) is 0 Å². The summed E-state index contributed by atoms with van der Waals surface area (Å²) in [4.78, 5) is 38.3. The third-order valence-corrected chi connectivity index (χ3v) is 12.6. The molecule has 6 heteroatoms. The molecule has 0 saturated heterocycles. The van der Waals surface area contributed by atoms with Crippen LogP contribution < -0.4 is 0 Å². The number of hydrogen-bond donors (Lipinski definition) is 0. The minimum Gasteiger partial charge on any atom is -0.462 e. The van der Waals surface area contributed by atoms with E-state index >= 15 is 0 Å². The molecule has 0 amide bonds. The van der Waals surface area contributed by atoms with E-state index in [0.717, 1.165) is 148 Å². The summed E-state index contributed by atoms with van der Waals surface area (Å²) in [5, 5.41) is 0. The van der Waals surface area contributed by atoms with Gasteiger partial charge in [-0.15, -0.1) is 0 Å². The van der Waals surface area contributed by atoms with Crippen LogP contribution in [0.3, 0.4) is 0 Å². The van der Waals surface area contributed by atoms with Crippen LogP contribution in [0, 0.1) is 0 Å². The van der Waals surface area contributed by atoms with Crippen molar-refractivity contribution in [1.82, 2.24) is 0 Å². The van der Waals surface area contributed by atoms with Crippen molar-refractivity contribution in [3.05, 3.63) is 194 Å². The summed E-state index contributed by atoms with van der Waals surface area (Å²) in [7, 11) is 0. The van der Waals surface area contributed by atoms with Gasteiger partial charge in [0.05, 0.1) is 0 Å².